The van der Waals surface area contributed by atoms with Crippen LogP contribution in [0.4, 0.5) is 0 Å². The smallest absolute Gasteiger partial charge is 0.148 e. The molecule has 0 aromatic heterocycles. The van der Waals surface area contributed by atoms with Crippen LogP contribution in [0.5, 0.6) is 5.75 Å². The molecule has 0 fully saturated rings. The quantitative estimate of drug-likeness (QED) is 0.484. The van der Waals surface area contributed by atoms with Gasteiger partial charge in [-0.1, -0.05) is 34.1 Å². The summed E-state index contributed by atoms with van der Waals surface area (Å²) in [6, 6.07) is 10.4. The standard InChI is InChI=1S/C16H15Br3O/c1-10-4-3-5-11(2)13(10)9-20-16-14(18)6-12(8-17)7-15(16)19/h3-7H,8-9H2,1-2H3. The van der Waals surface area contributed by atoms with Gasteiger partial charge in [-0.2, -0.15) is 0 Å². The van der Waals surface area contributed by atoms with E-state index in [1.54, 1.807) is 0 Å². The van der Waals surface area contributed by atoms with Crippen LogP contribution in [0.2, 0.25) is 0 Å². The van der Waals surface area contributed by atoms with Crippen LogP contribution in [0.25, 0.3) is 0 Å². The first-order valence-electron chi connectivity index (χ1n) is 6.24. The van der Waals surface area contributed by atoms with E-state index in [2.05, 4.69) is 92.0 Å². The molecule has 4 heteroatoms. The second-order valence-electron chi connectivity index (χ2n) is 4.68. The van der Waals surface area contributed by atoms with Gasteiger partial charge in [0, 0.05) is 5.33 Å². The minimum Gasteiger partial charge on any atom is -0.487 e. The fourth-order valence-electron chi connectivity index (χ4n) is 2.05. The van der Waals surface area contributed by atoms with Gasteiger partial charge in [-0.3, -0.25) is 0 Å². The summed E-state index contributed by atoms with van der Waals surface area (Å²) >= 11 is 10.6. The van der Waals surface area contributed by atoms with Crippen molar-refractivity contribution in [1.29, 1.82) is 0 Å². The van der Waals surface area contributed by atoms with Gasteiger partial charge < -0.3 is 4.74 Å². The van der Waals surface area contributed by atoms with Crippen molar-refractivity contribution in [2.24, 2.45) is 0 Å². The minimum absolute atomic E-state index is 0.573. The summed E-state index contributed by atoms with van der Waals surface area (Å²) in [5, 5.41) is 0.821. The topological polar surface area (TPSA) is 9.23 Å². The molecule has 20 heavy (non-hydrogen) atoms. The summed E-state index contributed by atoms with van der Waals surface area (Å²) in [5.74, 6) is 0.845. The minimum atomic E-state index is 0.573. The Labute approximate surface area is 145 Å². The summed E-state index contributed by atoms with van der Waals surface area (Å²) in [6.45, 7) is 4.80. The Morgan fingerprint density at radius 2 is 1.55 bits per heavy atom. The van der Waals surface area contributed by atoms with Crippen molar-refractivity contribution in [3.05, 3.63) is 61.5 Å². The number of hydrogen-bond acceptors (Lipinski definition) is 1. The largest absolute Gasteiger partial charge is 0.487 e. The molecule has 0 saturated carbocycles. The SMILES string of the molecule is Cc1cccc(C)c1COc1c(Br)cc(CBr)cc1Br. The van der Waals surface area contributed by atoms with Crippen molar-refractivity contribution in [3.8, 4) is 5.75 Å². The lowest BCUT2D eigenvalue weighted by Gasteiger charge is -2.14. The maximum Gasteiger partial charge on any atom is 0.148 e. The van der Waals surface area contributed by atoms with Crippen LogP contribution in [0, 0.1) is 13.8 Å². The highest BCUT2D eigenvalue weighted by atomic mass is 79.9. The first kappa shape index (κ1) is 16.1. The highest BCUT2D eigenvalue weighted by molar-refractivity contribution is 9.11. The first-order valence-corrected chi connectivity index (χ1v) is 8.95. The predicted octanol–water partition coefficient (Wildman–Crippen LogP) is 6.30. The van der Waals surface area contributed by atoms with E-state index in [0.717, 1.165) is 20.0 Å². The molecule has 0 atom stereocenters. The molecule has 0 spiro atoms. The van der Waals surface area contributed by atoms with Crippen molar-refractivity contribution in [2.45, 2.75) is 25.8 Å². The first-order chi connectivity index (χ1) is 9.52. The number of hydrogen-bond donors (Lipinski definition) is 0. The molecular weight excluding hydrogens is 448 g/mol. The monoisotopic (exact) mass is 460 g/mol. The molecule has 0 N–H and O–H groups in total. The third-order valence-electron chi connectivity index (χ3n) is 3.22. The average molecular weight is 463 g/mol. The van der Waals surface area contributed by atoms with Gasteiger partial charge in [0.15, 0.2) is 0 Å². The van der Waals surface area contributed by atoms with E-state index in [1.807, 2.05) is 0 Å². The van der Waals surface area contributed by atoms with Crippen LogP contribution >= 0.6 is 47.8 Å². The molecule has 0 saturated heterocycles. The zero-order chi connectivity index (χ0) is 14.7. The van der Waals surface area contributed by atoms with E-state index in [0.29, 0.717) is 6.61 Å². The Morgan fingerprint density at radius 3 is 2.05 bits per heavy atom. The van der Waals surface area contributed by atoms with Crippen LogP contribution < -0.4 is 4.74 Å². The van der Waals surface area contributed by atoms with E-state index in [-0.39, 0.29) is 0 Å². The zero-order valence-electron chi connectivity index (χ0n) is 11.3. The lowest BCUT2D eigenvalue weighted by atomic mass is 10.0. The van der Waals surface area contributed by atoms with Gasteiger partial charge in [0.05, 0.1) is 8.95 Å². The van der Waals surface area contributed by atoms with Crippen molar-refractivity contribution >= 4 is 47.8 Å². The van der Waals surface area contributed by atoms with Crippen molar-refractivity contribution in [3.63, 3.8) is 0 Å². The molecule has 0 amide bonds. The lowest BCUT2D eigenvalue weighted by molar-refractivity contribution is 0.300. The van der Waals surface area contributed by atoms with Crippen LogP contribution in [0.15, 0.2) is 39.3 Å². The van der Waals surface area contributed by atoms with Crippen molar-refractivity contribution < 1.29 is 4.74 Å². The molecule has 2 rings (SSSR count). The number of alkyl halides is 1. The molecule has 0 aliphatic heterocycles. The Kier molecular flexibility index (Phi) is 5.70. The molecule has 2 aromatic rings. The van der Waals surface area contributed by atoms with Crippen molar-refractivity contribution in [2.75, 3.05) is 0 Å². The van der Waals surface area contributed by atoms with E-state index in [1.165, 1.54) is 22.3 Å². The average Bonchev–Trinajstić information content (AvgIpc) is 2.40. The molecular formula is C16H15Br3O. The van der Waals surface area contributed by atoms with Crippen molar-refractivity contribution in [1.82, 2.24) is 0 Å². The molecule has 0 aliphatic carbocycles. The lowest BCUT2D eigenvalue weighted by Crippen LogP contribution is -2.01. The summed E-state index contributed by atoms with van der Waals surface area (Å²) in [6.07, 6.45) is 0. The number of halogens is 3. The van der Waals surface area contributed by atoms with Gasteiger partial charge in [0.1, 0.15) is 12.4 Å². The second-order valence-corrected chi connectivity index (χ2v) is 6.95. The van der Waals surface area contributed by atoms with E-state index in [4.69, 9.17) is 4.74 Å². The molecule has 0 bridgehead atoms. The Hall–Kier alpha value is -0.320. The fourth-order valence-corrected chi connectivity index (χ4v) is 3.88. The Bertz CT molecular complexity index is 580. The van der Waals surface area contributed by atoms with E-state index in [9.17, 15) is 0 Å². The maximum atomic E-state index is 6.01. The fraction of sp³-hybridized carbons (Fsp3) is 0.250. The Balaban J connectivity index is 2.23. The zero-order valence-corrected chi connectivity index (χ0v) is 16.1. The number of aryl methyl sites for hydroxylation is 2. The molecule has 2 aromatic carbocycles. The van der Waals surface area contributed by atoms with Gasteiger partial charge in [-0.15, -0.1) is 0 Å². The summed E-state index contributed by atoms with van der Waals surface area (Å²) in [4.78, 5) is 0. The van der Waals surface area contributed by atoms with Crippen LogP contribution in [-0.4, -0.2) is 0 Å². The van der Waals surface area contributed by atoms with E-state index < -0.39 is 0 Å². The third-order valence-corrected chi connectivity index (χ3v) is 5.04. The molecule has 0 aliphatic rings. The summed E-state index contributed by atoms with van der Waals surface area (Å²) in [5.41, 5.74) is 4.96. The van der Waals surface area contributed by atoms with Gasteiger partial charge in [-0.05, 0) is 80.1 Å². The van der Waals surface area contributed by atoms with Gasteiger partial charge in [0.2, 0.25) is 0 Å². The highest BCUT2D eigenvalue weighted by Gasteiger charge is 2.10. The van der Waals surface area contributed by atoms with Crippen LogP contribution in [-0.2, 0) is 11.9 Å². The highest BCUT2D eigenvalue weighted by Crippen LogP contribution is 2.36. The summed E-state index contributed by atoms with van der Waals surface area (Å²) < 4.78 is 7.94. The van der Waals surface area contributed by atoms with E-state index >= 15 is 0 Å². The molecule has 0 unspecified atom stereocenters. The van der Waals surface area contributed by atoms with Gasteiger partial charge in [-0.25, -0.2) is 0 Å². The maximum absolute atomic E-state index is 6.01. The Morgan fingerprint density at radius 1 is 1.00 bits per heavy atom. The predicted molar refractivity (Wildman–Crippen MR) is 94.7 cm³/mol. The molecule has 0 radical (unpaired) electrons. The van der Waals surface area contributed by atoms with Gasteiger partial charge in [0.25, 0.3) is 0 Å². The number of rotatable bonds is 4. The number of benzene rings is 2. The molecule has 1 nitrogen and oxygen atoms in total. The number of ether oxygens (including phenoxy) is 1. The molecule has 0 heterocycles. The molecule has 106 valence electrons. The summed E-state index contributed by atoms with van der Waals surface area (Å²) in [7, 11) is 0. The second kappa shape index (κ2) is 7.10. The third kappa shape index (κ3) is 3.66. The van der Waals surface area contributed by atoms with Crippen LogP contribution in [0.1, 0.15) is 22.3 Å². The normalized spacial score (nSPS) is 10.7. The van der Waals surface area contributed by atoms with Crippen LogP contribution in [0.3, 0.4) is 0 Å². The van der Waals surface area contributed by atoms with Gasteiger partial charge >= 0.3 is 0 Å².